The molecule has 96 valence electrons. The molecule has 17 heavy (non-hydrogen) atoms. The molecule has 0 heterocycles. The van der Waals surface area contributed by atoms with Crippen LogP contribution in [0.4, 0.5) is 13.2 Å². The Kier molecular flexibility index (Phi) is 4.08. The third kappa shape index (κ3) is 4.09. The Labute approximate surface area is 108 Å². The largest absolute Gasteiger partial charge is 0.573 e. The molecule has 0 amide bonds. The lowest BCUT2D eigenvalue weighted by atomic mass is 10.3. The first-order valence-electron chi connectivity index (χ1n) is 3.70. The Morgan fingerprint density at radius 3 is 2.00 bits per heavy atom. The molecule has 0 aliphatic heterocycles. The van der Waals surface area contributed by atoms with Crippen LogP contribution in [0.2, 0.25) is 10.0 Å². The molecule has 0 spiro atoms. The van der Waals surface area contributed by atoms with E-state index < -0.39 is 26.1 Å². The monoisotopic (exact) mass is 328 g/mol. The van der Waals surface area contributed by atoms with Crippen LogP contribution in [-0.2, 0) is 9.05 Å². The van der Waals surface area contributed by atoms with E-state index >= 15 is 0 Å². The zero-order valence-corrected chi connectivity index (χ0v) is 10.6. The average Bonchev–Trinajstić information content (AvgIpc) is 2.06. The summed E-state index contributed by atoms with van der Waals surface area (Å²) >= 11 is 10.9. The van der Waals surface area contributed by atoms with E-state index in [4.69, 9.17) is 33.9 Å². The van der Waals surface area contributed by atoms with Crippen LogP contribution in [-0.4, -0.2) is 14.8 Å². The summed E-state index contributed by atoms with van der Waals surface area (Å²) in [6.45, 7) is 0. The molecule has 0 saturated heterocycles. The molecule has 0 bridgehead atoms. The third-order valence-corrected chi connectivity index (χ3v) is 3.54. The molecule has 0 saturated carbocycles. The van der Waals surface area contributed by atoms with Gasteiger partial charge < -0.3 is 4.74 Å². The van der Waals surface area contributed by atoms with Gasteiger partial charge in [-0.3, -0.25) is 0 Å². The molecule has 0 atom stereocenters. The van der Waals surface area contributed by atoms with E-state index in [1.807, 2.05) is 0 Å². The van der Waals surface area contributed by atoms with Gasteiger partial charge in [-0.1, -0.05) is 23.2 Å². The van der Waals surface area contributed by atoms with Crippen LogP contribution in [0.1, 0.15) is 0 Å². The average molecular weight is 330 g/mol. The summed E-state index contributed by atoms with van der Waals surface area (Å²) in [6.07, 6.45) is -5.08. The number of halogens is 6. The number of benzene rings is 1. The molecule has 0 aromatic heterocycles. The van der Waals surface area contributed by atoms with Crippen LogP contribution in [0.15, 0.2) is 17.0 Å². The smallest absolute Gasteiger partial charge is 0.404 e. The second kappa shape index (κ2) is 4.72. The van der Waals surface area contributed by atoms with E-state index in [0.717, 1.165) is 0 Å². The fourth-order valence-corrected chi connectivity index (χ4v) is 2.25. The van der Waals surface area contributed by atoms with Gasteiger partial charge in [0.05, 0.1) is 10.0 Å². The van der Waals surface area contributed by atoms with Gasteiger partial charge >= 0.3 is 6.36 Å². The summed E-state index contributed by atoms with van der Waals surface area (Å²) in [6, 6.07) is 1.29. The normalized spacial score (nSPS) is 12.6. The van der Waals surface area contributed by atoms with Crippen LogP contribution in [0, 0.1) is 0 Å². The van der Waals surface area contributed by atoms with E-state index in [2.05, 4.69) is 4.74 Å². The highest BCUT2D eigenvalue weighted by Crippen LogP contribution is 2.37. The highest BCUT2D eigenvalue weighted by molar-refractivity contribution is 8.13. The standard InChI is InChI=1S/C7H2Cl3F3O3S/c8-3-1-5(16-7(11,12)13)6(2-4(3)9)17(10,14)15/h1-2H. The second-order valence-electron chi connectivity index (χ2n) is 2.70. The minimum atomic E-state index is -5.08. The summed E-state index contributed by atoms with van der Waals surface area (Å²) in [5.74, 6) is -1.04. The van der Waals surface area contributed by atoms with Gasteiger partial charge in [0.15, 0.2) is 5.75 Å². The molecule has 0 fully saturated rings. The van der Waals surface area contributed by atoms with E-state index in [0.29, 0.717) is 12.1 Å². The van der Waals surface area contributed by atoms with E-state index in [1.165, 1.54) is 0 Å². The van der Waals surface area contributed by atoms with Crippen molar-refractivity contribution < 1.29 is 26.3 Å². The lowest BCUT2D eigenvalue weighted by Gasteiger charge is -2.12. The predicted octanol–water partition coefficient (Wildman–Crippen LogP) is 3.82. The third-order valence-electron chi connectivity index (χ3n) is 1.48. The minimum Gasteiger partial charge on any atom is -0.404 e. The molecule has 1 aromatic carbocycles. The summed E-state index contributed by atoms with van der Waals surface area (Å²) in [5, 5.41) is -0.560. The number of ether oxygens (including phenoxy) is 1. The van der Waals surface area contributed by atoms with E-state index in [1.54, 1.807) is 0 Å². The number of hydrogen-bond acceptors (Lipinski definition) is 3. The van der Waals surface area contributed by atoms with Crippen LogP contribution < -0.4 is 4.74 Å². The van der Waals surface area contributed by atoms with Gasteiger partial charge in [-0.25, -0.2) is 8.42 Å². The lowest BCUT2D eigenvalue weighted by Crippen LogP contribution is -2.18. The zero-order chi connectivity index (χ0) is 13.4. The highest BCUT2D eigenvalue weighted by atomic mass is 35.7. The molecule has 0 radical (unpaired) electrons. The Balaban J connectivity index is 3.42. The van der Waals surface area contributed by atoms with Crippen molar-refractivity contribution in [2.75, 3.05) is 0 Å². The first-order valence-corrected chi connectivity index (χ1v) is 6.76. The second-order valence-corrected chi connectivity index (χ2v) is 6.05. The Bertz CT molecular complexity index is 541. The minimum absolute atomic E-state index is 0.264. The number of alkyl halides is 3. The van der Waals surface area contributed by atoms with E-state index in [-0.39, 0.29) is 10.0 Å². The molecular weight excluding hydrogens is 327 g/mol. The SMILES string of the molecule is O=S(=O)(Cl)c1cc(Cl)c(Cl)cc1OC(F)(F)F. The van der Waals surface area contributed by atoms with Gasteiger partial charge in [0.25, 0.3) is 9.05 Å². The summed E-state index contributed by atoms with van der Waals surface area (Å²) in [4.78, 5) is -0.911. The Morgan fingerprint density at radius 2 is 1.59 bits per heavy atom. The van der Waals surface area contributed by atoms with E-state index in [9.17, 15) is 21.6 Å². The Hall–Kier alpha value is -0.370. The highest BCUT2D eigenvalue weighted by Gasteiger charge is 2.34. The zero-order valence-electron chi connectivity index (χ0n) is 7.56. The quantitative estimate of drug-likeness (QED) is 0.775. The van der Waals surface area contributed by atoms with Crippen molar-refractivity contribution in [3.63, 3.8) is 0 Å². The summed E-state index contributed by atoms with van der Waals surface area (Å²) in [5.41, 5.74) is 0. The number of hydrogen-bond donors (Lipinski definition) is 0. The fourth-order valence-electron chi connectivity index (χ4n) is 0.905. The maximum atomic E-state index is 12.0. The van der Waals surface area contributed by atoms with Gasteiger partial charge in [0.2, 0.25) is 0 Å². The maximum absolute atomic E-state index is 12.0. The lowest BCUT2D eigenvalue weighted by molar-refractivity contribution is -0.275. The van der Waals surface area contributed by atoms with Crippen molar-refractivity contribution in [3.05, 3.63) is 22.2 Å². The van der Waals surface area contributed by atoms with Crippen molar-refractivity contribution in [2.24, 2.45) is 0 Å². The molecular formula is C7H2Cl3F3O3S. The molecule has 1 rings (SSSR count). The Morgan fingerprint density at radius 1 is 1.12 bits per heavy atom. The predicted molar refractivity (Wildman–Crippen MR) is 56.2 cm³/mol. The van der Waals surface area contributed by atoms with Crippen LogP contribution >= 0.6 is 33.9 Å². The van der Waals surface area contributed by atoms with Crippen LogP contribution in [0.3, 0.4) is 0 Å². The van der Waals surface area contributed by atoms with Crippen molar-refractivity contribution in [1.82, 2.24) is 0 Å². The molecule has 0 unspecified atom stereocenters. The first-order chi connectivity index (χ1) is 7.50. The fraction of sp³-hybridized carbons (Fsp3) is 0.143. The van der Waals surface area contributed by atoms with Gasteiger partial charge in [-0.2, -0.15) is 0 Å². The first kappa shape index (κ1) is 14.7. The molecule has 1 aromatic rings. The van der Waals surface area contributed by atoms with Crippen molar-refractivity contribution in [3.8, 4) is 5.75 Å². The maximum Gasteiger partial charge on any atom is 0.573 e. The van der Waals surface area contributed by atoms with Crippen LogP contribution in [0.5, 0.6) is 5.75 Å². The molecule has 3 nitrogen and oxygen atoms in total. The summed E-state index contributed by atoms with van der Waals surface area (Å²) in [7, 11) is 0.499. The van der Waals surface area contributed by atoms with Crippen LogP contribution in [0.25, 0.3) is 0 Å². The molecule has 0 N–H and O–H groups in total. The molecule has 0 aliphatic rings. The molecule has 0 aliphatic carbocycles. The van der Waals surface area contributed by atoms with Crippen molar-refractivity contribution in [1.29, 1.82) is 0 Å². The van der Waals surface area contributed by atoms with Gasteiger partial charge in [-0.15, -0.1) is 13.2 Å². The van der Waals surface area contributed by atoms with Gasteiger partial charge in [0, 0.05) is 16.7 Å². The summed E-state index contributed by atoms with van der Waals surface area (Å²) < 4.78 is 61.5. The van der Waals surface area contributed by atoms with Crippen molar-refractivity contribution >= 4 is 42.9 Å². The number of rotatable bonds is 2. The molecule has 10 heteroatoms. The van der Waals surface area contributed by atoms with Gasteiger partial charge in [0.1, 0.15) is 4.90 Å². The van der Waals surface area contributed by atoms with Crippen molar-refractivity contribution in [2.45, 2.75) is 11.3 Å². The van der Waals surface area contributed by atoms with Gasteiger partial charge in [-0.05, 0) is 6.07 Å². The topological polar surface area (TPSA) is 43.4 Å².